The van der Waals surface area contributed by atoms with Crippen molar-refractivity contribution in [2.45, 2.75) is 38.7 Å². The van der Waals surface area contributed by atoms with Crippen LogP contribution in [0.3, 0.4) is 0 Å². The van der Waals surface area contributed by atoms with Crippen molar-refractivity contribution in [1.82, 2.24) is 4.98 Å². The number of hydrogen-bond donors (Lipinski definition) is 2. The molecule has 0 aliphatic carbocycles. The zero-order chi connectivity index (χ0) is 14.8. The van der Waals surface area contributed by atoms with Gasteiger partial charge in [-0.1, -0.05) is 6.92 Å². The van der Waals surface area contributed by atoms with E-state index in [0.29, 0.717) is 26.1 Å². The number of pyridine rings is 1. The van der Waals surface area contributed by atoms with Gasteiger partial charge in [-0.3, -0.25) is 0 Å². The van der Waals surface area contributed by atoms with Crippen LogP contribution in [0, 0.1) is 11.6 Å². The van der Waals surface area contributed by atoms with Crippen LogP contribution in [0.15, 0.2) is 6.07 Å². The highest BCUT2D eigenvalue weighted by Gasteiger charge is 2.30. The van der Waals surface area contributed by atoms with E-state index in [1.807, 2.05) is 6.92 Å². The van der Waals surface area contributed by atoms with Crippen molar-refractivity contribution in [1.29, 1.82) is 0 Å². The summed E-state index contributed by atoms with van der Waals surface area (Å²) in [4.78, 5) is 5.73. The highest BCUT2D eigenvalue weighted by atomic mass is 19.1. The Labute approximate surface area is 117 Å². The Morgan fingerprint density at radius 2 is 2.20 bits per heavy atom. The van der Waals surface area contributed by atoms with Gasteiger partial charge in [-0.15, -0.1) is 0 Å². The van der Waals surface area contributed by atoms with Gasteiger partial charge in [0.25, 0.3) is 0 Å². The molecule has 1 aliphatic rings. The number of aliphatic hydroxyl groups is 1. The lowest BCUT2D eigenvalue weighted by atomic mass is 9.95. The van der Waals surface area contributed by atoms with Crippen LogP contribution < -0.4 is 10.2 Å². The Morgan fingerprint density at radius 3 is 2.85 bits per heavy atom. The van der Waals surface area contributed by atoms with E-state index in [1.54, 1.807) is 11.8 Å². The Balaban J connectivity index is 2.26. The molecule has 20 heavy (non-hydrogen) atoms. The third-order valence-corrected chi connectivity index (χ3v) is 3.43. The topological polar surface area (TPSA) is 48.4 Å². The number of halogens is 2. The molecule has 2 rings (SSSR count). The Bertz CT molecular complexity index is 480. The van der Waals surface area contributed by atoms with E-state index >= 15 is 0 Å². The van der Waals surface area contributed by atoms with E-state index < -0.39 is 17.2 Å². The molecule has 1 fully saturated rings. The summed E-state index contributed by atoms with van der Waals surface area (Å²) < 4.78 is 27.6. The highest BCUT2D eigenvalue weighted by molar-refractivity contribution is 5.50. The summed E-state index contributed by atoms with van der Waals surface area (Å²) in [6.07, 6.45) is 2.25. The molecule has 0 saturated carbocycles. The molecule has 1 atom stereocenters. The van der Waals surface area contributed by atoms with E-state index in [4.69, 9.17) is 0 Å². The molecule has 2 N–H and O–H groups in total. The lowest BCUT2D eigenvalue weighted by Gasteiger charge is -2.37. The van der Waals surface area contributed by atoms with Gasteiger partial charge in [0.05, 0.1) is 5.60 Å². The summed E-state index contributed by atoms with van der Waals surface area (Å²) in [5, 5.41) is 12.9. The second-order valence-corrected chi connectivity index (χ2v) is 5.57. The zero-order valence-corrected chi connectivity index (χ0v) is 11.9. The molecule has 1 unspecified atom stereocenters. The van der Waals surface area contributed by atoms with E-state index in [9.17, 15) is 13.9 Å². The molecule has 1 aliphatic heterocycles. The van der Waals surface area contributed by atoms with Gasteiger partial charge in [0.1, 0.15) is 0 Å². The van der Waals surface area contributed by atoms with Gasteiger partial charge >= 0.3 is 0 Å². The van der Waals surface area contributed by atoms with Crippen molar-refractivity contribution in [3.05, 3.63) is 17.7 Å². The molecule has 2 heterocycles. The molecular weight excluding hydrogens is 264 g/mol. The van der Waals surface area contributed by atoms with Crippen LogP contribution in [0.1, 0.15) is 33.1 Å². The van der Waals surface area contributed by atoms with Crippen LogP contribution in [0.5, 0.6) is 0 Å². The van der Waals surface area contributed by atoms with Crippen LogP contribution in [0.4, 0.5) is 20.4 Å². The molecule has 0 radical (unpaired) electrons. The summed E-state index contributed by atoms with van der Waals surface area (Å²) in [5.74, 6) is -1.22. The van der Waals surface area contributed by atoms with Gasteiger partial charge in [0.2, 0.25) is 0 Å². The largest absolute Gasteiger partial charge is 0.388 e. The molecule has 1 aromatic heterocycles. The minimum Gasteiger partial charge on any atom is -0.388 e. The highest BCUT2D eigenvalue weighted by Crippen LogP contribution is 2.28. The maximum absolute atomic E-state index is 13.9. The van der Waals surface area contributed by atoms with Crippen molar-refractivity contribution in [3.63, 3.8) is 0 Å². The lowest BCUT2D eigenvalue weighted by molar-refractivity contribution is 0.0445. The summed E-state index contributed by atoms with van der Waals surface area (Å²) in [6, 6.07) is 0.851. The van der Waals surface area contributed by atoms with Gasteiger partial charge < -0.3 is 15.3 Å². The Hall–Kier alpha value is -1.43. The number of aromatic nitrogens is 1. The van der Waals surface area contributed by atoms with E-state index in [2.05, 4.69) is 10.3 Å². The third kappa shape index (κ3) is 3.36. The van der Waals surface area contributed by atoms with Crippen LogP contribution in [-0.4, -0.2) is 35.3 Å². The molecule has 1 saturated heterocycles. The first kappa shape index (κ1) is 15.0. The summed E-state index contributed by atoms with van der Waals surface area (Å²) in [7, 11) is 0. The molecule has 6 heteroatoms. The molecule has 4 nitrogen and oxygen atoms in total. The number of nitrogens with one attached hydrogen (secondary N) is 1. The molecular formula is C14H21F2N3O. The van der Waals surface area contributed by atoms with Crippen molar-refractivity contribution in [3.8, 4) is 0 Å². The standard InChI is InChI=1S/C14H21F2N3O/c1-3-6-17-12-10(15)8-11(16)13(18-12)19-7-4-5-14(2,20)9-19/h8,20H,3-7,9H2,1-2H3,(H,17,18). The van der Waals surface area contributed by atoms with Crippen molar-refractivity contribution >= 4 is 11.6 Å². The SMILES string of the molecule is CCCNc1nc(N2CCCC(C)(O)C2)c(F)cc1F. The molecule has 1 aromatic rings. The van der Waals surface area contributed by atoms with Crippen LogP contribution in [-0.2, 0) is 0 Å². The molecule has 0 bridgehead atoms. The van der Waals surface area contributed by atoms with E-state index in [-0.39, 0.29) is 11.6 Å². The second kappa shape index (κ2) is 5.91. The van der Waals surface area contributed by atoms with Gasteiger partial charge in [0, 0.05) is 25.7 Å². The minimum atomic E-state index is -0.863. The average Bonchev–Trinajstić information content (AvgIpc) is 2.36. The van der Waals surface area contributed by atoms with E-state index in [1.165, 1.54) is 0 Å². The van der Waals surface area contributed by atoms with Gasteiger partial charge in [-0.05, 0) is 26.2 Å². The van der Waals surface area contributed by atoms with Crippen molar-refractivity contribution in [2.24, 2.45) is 0 Å². The first-order chi connectivity index (χ1) is 9.43. The number of β-amino-alcohol motifs (C(OH)–C–C–N with tert-alkyl or cyclic N) is 1. The number of piperidine rings is 1. The van der Waals surface area contributed by atoms with Crippen molar-refractivity contribution in [2.75, 3.05) is 29.9 Å². The Kier molecular flexibility index (Phi) is 4.42. The fourth-order valence-corrected chi connectivity index (χ4v) is 2.45. The van der Waals surface area contributed by atoms with Gasteiger partial charge in [-0.2, -0.15) is 0 Å². The third-order valence-electron chi connectivity index (χ3n) is 3.43. The lowest BCUT2D eigenvalue weighted by Crippen LogP contribution is -2.46. The number of hydrogen-bond acceptors (Lipinski definition) is 4. The van der Waals surface area contributed by atoms with Crippen LogP contribution in [0.2, 0.25) is 0 Å². The molecule has 0 spiro atoms. The normalized spacial score (nSPS) is 22.9. The van der Waals surface area contributed by atoms with E-state index in [0.717, 1.165) is 18.9 Å². The summed E-state index contributed by atoms with van der Waals surface area (Å²) in [5.41, 5.74) is -0.863. The molecule has 0 aromatic carbocycles. The minimum absolute atomic E-state index is 0.0634. The first-order valence-corrected chi connectivity index (χ1v) is 7.00. The Morgan fingerprint density at radius 1 is 1.45 bits per heavy atom. The fourth-order valence-electron chi connectivity index (χ4n) is 2.45. The number of nitrogens with zero attached hydrogens (tertiary/aromatic N) is 2. The quantitative estimate of drug-likeness (QED) is 0.892. The number of anilines is 2. The monoisotopic (exact) mass is 285 g/mol. The second-order valence-electron chi connectivity index (χ2n) is 5.57. The zero-order valence-electron chi connectivity index (χ0n) is 11.9. The maximum Gasteiger partial charge on any atom is 0.168 e. The van der Waals surface area contributed by atoms with Gasteiger partial charge in [-0.25, -0.2) is 13.8 Å². The fraction of sp³-hybridized carbons (Fsp3) is 0.643. The predicted octanol–water partition coefficient (Wildman–Crippen LogP) is 2.53. The smallest absolute Gasteiger partial charge is 0.168 e. The first-order valence-electron chi connectivity index (χ1n) is 7.00. The number of rotatable bonds is 4. The maximum atomic E-state index is 13.9. The van der Waals surface area contributed by atoms with Crippen LogP contribution in [0.25, 0.3) is 0 Å². The van der Waals surface area contributed by atoms with Gasteiger partial charge in [0.15, 0.2) is 23.3 Å². The summed E-state index contributed by atoms with van der Waals surface area (Å²) in [6.45, 7) is 5.16. The van der Waals surface area contributed by atoms with Crippen molar-refractivity contribution < 1.29 is 13.9 Å². The average molecular weight is 285 g/mol. The van der Waals surface area contributed by atoms with Crippen LogP contribution >= 0.6 is 0 Å². The molecule has 0 amide bonds. The predicted molar refractivity (Wildman–Crippen MR) is 75.0 cm³/mol. The molecule has 112 valence electrons. The summed E-state index contributed by atoms with van der Waals surface area (Å²) >= 11 is 0.